The van der Waals surface area contributed by atoms with Gasteiger partial charge in [0.15, 0.2) is 24.5 Å². The minimum Gasteiger partial charge on any atom is -0.479 e. The van der Waals surface area contributed by atoms with Gasteiger partial charge in [-0.2, -0.15) is 0 Å². The van der Waals surface area contributed by atoms with Gasteiger partial charge in [0, 0.05) is 52.9 Å². The van der Waals surface area contributed by atoms with E-state index in [1.54, 1.807) is 0 Å². The van der Waals surface area contributed by atoms with Crippen LogP contribution in [0, 0.1) is 0 Å². The largest absolute Gasteiger partial charge is 0.479 e. The second-order valence-corrected chi connectivity index (χ2v) is 9.73. The van der Waals surface area contributed by atoms with Crippen LogP contribution in [-0.4, -0.2) is 149 Å². The van der Waals surface area contributed by atoms with Crippen LogP contribution in [0.15, 0.2) is 17.1 Å². The number of hydrogen-bond acceptors (Lipinski definition) is 14. The number of carboxylic acid groups (broad SMARTS) is 1. The maximum absolute atomic E-state index is 12.7. The predicted octanol–water partition coefficient (Wildman–Crippen LogP) is -2.70. The van der Waals surface area contributed by atoms with E-state index in [4.69, 9.17) is 23.7 Å². The molecule has 0 bridgehead atoms. The lowest BCUT2D eigenvalue weighted by Crippen LogP contribution is -2.62. The number of carbonyl (C=O) groups excluding carboxylic acids is 4. The second-order valence-electron chi connectivity index (χ2n) is 9.73. The summed E-state index contributed by atoms with van der Waals surface area (Å²) in [7, 11) is 3.42. The summed E-state index contributed by atoms with van der Waals surface area (Å²) in [5.41, 5.74) is 0. The molecule has 0 spiro atoms. The Morgan fingerprint density at radius 2 is 1.63 bits per heavy atom. The zero-order valence-electron chi connectivity index (χ0n) is 23.9. The summed E-state index contributed by atoms with van der Waals surface area (Å²) in [6.07, 6.45) is -12.1. The Balaban J connectivity index is 2.02. The highest BCUT2D eigenvalue weighted by Crippen LogP contribution is 2.27. The number of carbonyl (C=O) groups is 5. The monoisotopic (exact) mass is 618 g/mol. The molecule has 2 aliphatic heterocycles. The molecule has 0 radical (unpaired) electrons. The molecule has 17 heteroatoms. The lowest BCUT2D eigenvalue weighted by molar-refractivity contribution is -0.318. The number of hydrogen-bond donors (Lipinski definition) is 5. The topological polar surface area (TPSA) is 248 Å². The van der Waals surface area contributed by atoms with Crippen LogP contribution < -0.4 is 0 Å². The molecule has 5 N–H and O–H groups in total. The molecule has 2 rings (SSSR count). The fourth-order valence-corrected chi connectivity index (χ4v) is 4.42. The Labute approximate surface area is 246 Å². The molecule has 0 aromatic heterocycles. The molecule has 8 atom stereocenters. The van der Waals surface area contributed by atoms with E-state index in [2.05, 4.69) is 4.99 Å². The van der Waals surface area contributed by atoms with Crippen molar-refractivity contribution in [3.63, 3.8) is 0 Å². The van der Waals surface area contributed by atoms with Crippen LogP contribution in [0.5, 0.6) is 0 Å². The van der Waals surface area contributed by atoms with Gasteiger partial charge in [-0.25, -0.2) is 9.79 Å². The van der Waals surface area contributed by atoms with Gasteiger partial charge in [-0.3, -0.25) is 24.1 Å². The Morgan fingerprint density at radius 3 is 2.19 bits per heavy atom. The van der Waals surface area contributed by atoms with Gasteiger partial charge >= 0.3 is 5.97 Å². The summed E-state index contributed by atoms with van der Waals surface area (Å²) in [6.45, 7) is 0.207. The molecular formula is C26H38N2O15. The van der Waals surface area contributed by atoms with Gasteiger partial charge in [0.05, 0.1) is 12.3 Å². The van der Waals surface area contributed by atoms with Gasteiger partial charge in [0.2, 0.25) is 5.91 Å². The molecule has 17 nitrogen and oxygen atoms in total. The van der Waals surface area contributed by atoms with Crippen LogP contribution in [0.2, 0.25) is 0 Å². The standard InChI is InChI=1S/C26H38N2O15/c1-39-22-19(34)21(36)26(43-23(22)24(37)38)42-14(18(33)20(35)25(40-2)41-3)11-13(29)12-27-15(30)7-5-4-6-10-28-16(31)8-9-17(28)32/h8-9,12,14,18-23,25-26,33-36H,4-7,10-11H2,1-3H3,(H,37,38). The minimum atomic E-state index is -1.95. The molecule has 2 aliphatic rings. The van der Waals surface area contributed by atoms with Crippen molar-refractivity contribution >= 4 is 35.7 Å². The van der Waals surface area contributed by atoms with E-state index in [0.717, 1.165) is 12.0 Å². The number of amides is 3. The average molecular weight is 619 g/mol. The van der Waals surface area contributed by atoms with Crippen molar-refractivity contribution in [3.8, 4) is 0 Å². The summed E-state index contributed by atoms with van der Waals surface area (Å²) >= 11 is 0. The highest BCUT2D eigenvalue weighted by Gasteiger charge is 2.50. The number of aliphatic hydroxyl groups is 4. The number of aliphatic carboxylic acids is 1. The SMILES string of the molecule is COC(OC)C(O)C(O)C(CC(=O)C=NC(=O)CCCCCN1C(=O)C=CC1=O)OC1OC(C(=O)O)C(OC)C(O)C1O. The average Bonchev–Trinajstić information content (AvgIpc) is 3.29. The van der Waals surface area contributed by atoms with Crippen molar-refractivity contribution < 1.29 is 73.2 Å². The molecule has 1 saturated heterocycles. The molecule has 0 aromatic carbocycles. The van der Waals surface area contributed by atoms with Crippen molar-refractivity contribution in [3.05, 3.63) is 12.2 Å². The normalized spacial score (nSPS) is 26.3. The Morgan fingerprint density at radius 1 is 1.00 bits per heavy atom. The van der Waals surface area contributed by atoms with Crippen LogP contribution in [-0.2, 0) is 47.7 Å². The number of ether oxygens (including phenoxy) is 5. The van der Waals surface area contributed by atoms with Crippen molar-refractivity contribution in [2.24, 2.45) is 4.99 Å². The van der Waals surface area contributed by atoms with Crippen LogP contribution >= 0.6 is 0 Å². The number of aliphatic hydroxyl groups excluding tert-OH is 4. The zero-order chi connectivity index (χ0) is 32.3. The van der Waals surface area contributed by atoms with Gasteiger partial charge < -0.3 is 49.2 Å². The Bertz CT molecular complexity index is 1030. The summed E-state index contributed by atoms with van der Waals surface area (Å²) < 4.78 is 25.5. The van der Waals surface area contributed by atoms with Crippen LogP contribution in [0.4, 0.5) is 0 Å². The van der Waals surface area contributed by atoms with Crippen LogP contribution in [0.25, 0.3) is 0 Å². The quantitative estimate of drug-likeness (QED) is 0.0454. The molecule has 242 valence electrons. The number of nitrogens with zero attached hydrogens (tertiary/aromatic N) is 2. The van der Waals surface area contributed by atoms with E-state index in [1.807, 2.05) is 0 Å². The van der Waals surface area contributed by atoms with Gasteiger partial charge in [-0.05, 0) is 12.8 Å². The third-order valence-electron chi connectivity index (χ3n) is 6.77. The molecule has 0 aromatic rings. The first-order valence-electron chi connectivity index (χ1n) is 13.3. The Kier molecular flexibility index (Phi) is 14.6. The zero-order valence-corrected chi connectivity index (χ0v) is 23.9. The van der Waals surface area contributed by atoms with Gasteiger partial charge in [-0.15, -0.1) is 0 Å². The van der Waals surface area contributed by atoms with Crippen molar-refractivity contribution in [2.75, 3.05) is 27.9 Å². The number of rotatable bonds is 18. The number of Topliss-reactive ketones (excluding diaryl/α,β-unsaturated/α-hetero) is 1. The molecule has 1 fully saturated rings. The summed E-state index contributed by atoms with van der Waals surface area (Å²) in [4.78, 5) is 64.2. The third-order valence-corrected chi connectivity index (χ3v) is 6.77. The van der Waals surface area contributed by atoms with E-state index in [1.165, 1.54) is 26.4 Å². The second kappa shape index (κ2) is 17.3. The Hall–Kier alpha value is -3.00. The number of ketones is 1. The first-order chi connectivity index (χ1) is 20.4. The number of imide groups is 1. The van der Waals surface area contributed by atoms with E-state index in [9.17, 15) is 49.5 Å². The van der Waals surface area contributed by atoms with E-state index < -0.39 is 91.2 Å². The van der Waals surface area contributed by atoms with Crippen LogP contribution in [0.3, 0.4) is 0 Å². The molecule has 43 heavy (non-hydrogen) atoms. The van der Waals surface area contributed by atoms with Gasteiger partial charge in [-0.1, -0.05) is 6.42 Å². The summed E-state index contributed by atoms with van der Waals surface area (Å²) in [5, 5.41) is 51.5. The summed E-state index contributed by atoms with van der Waals surface area (Å²) in [5.74, 6) is -3.86. The highest BCUT2D eigenvalue weighted by atomic mass is 16.7. The van der Waals surface area contributed by atoms with E-state index in [0.29, 0.717) is 25.5 Å². The number of methoxy groups -OCH3 is 3. The first-order valence-corrected chi connectivity index (χ1v) is 13.3. The van der Waals surface area contributed by atoms with E-state index >= 15 is 0 Å². The molecular weight excluding hydrogens is 580 g/mol. The van der Waals surface area contributed by atoms with Crippen LogP contribution in [0.1, 0.15) is 32.1 Å². The molecule has 8 unspecified atom stereocenters. The molecule has 0 saturated carbocycles. The number of carboxylic acids is 1. The predicted molar refractivity (Wildman–Crippen MR) is 141 cm³/mol. The molecule has 0 aliphatic carbocycles. The van der Waals surface area contributed by atoms with Crippen molar-refractivity contribution in [2.45, 2.75) is 87.4 Å². The lowest BCUT2D eigenvalue weighted by Gasteiger charge is -2.42. The maximum atomic E-state index is 12.7. The molecule has 3 amide bonds. The first kappa shape index (κ1) is 36.2. The smallest absolute Gasteiger partial charge is 0.335 e. The minimum absolute atomic E-state index is 0.0359. The lowest BCUT2D eigenvalue weighted by atomic mass is 9.97. The van der Waals surface area contributed by atoms with Gasteiger partial charge in [0.1, 0.15) is 30.5 Å². The van der Waals surface area contributed by atoms with Crippen molar-refractivity contribution in [1.29, 1.82) is 0 Å². The highest BCUT2D eigenvalue weighted by molar-refractivity contribution is 6.29. The van der Waals surface area contributed by atoms with Crippen molar-refractivity contribution in [1.82, 2.24) is 4.90 Å². The third kappa shape index (κ3) is 10.0. The fourth-order valence-electron chi connectivity index (χ4n) is 4.42. The maximum Gasteiger partial charge on any atom is 0.335 e. The van der Waals surface area contributed by atoms with Gasteiger partial charge in [0.25, 0.3) is 11.8 Å². The molecule has 2 heterocycles. The fraction of sp³-hybridized carbons (Fsp3) is 0.692. The number of aliphatic imine (C=N–C) groups is 1. The number of unbranched alkanes of at least 4 members (excludes halogenated alkanes) is 2. The van der Waals surface area contributed by atoms with E-state index in [-0.39, 0.29) is 13.0 Å². The summed E-state index contributed by atoms with van der Waals surface area (Å²) in [6, 6.07) is 0.